The summed E-state index contributed by atoms with van der Waals surface area (Å²) in [5, 5.41) is 20.0. The topological polar surface area (TPSA) is 226 Å². The number of nitrogens with zero attached hydrogens (tertiary/aromatic N) is 2. The van der Waals surface area contributed by atoms with Crippen molar-refractivity contribution >= 4 is 52.8 Å². The number of aliphatic hydroxyl groups is 1. The molecule has 1 unspecified atom stereocenters. The molecule has 1 atom stereocenters. The predicted molar refractivity (Wildman–Crippen MR) is 282 cm³/mol. The second kappa shape index (κ2) is 32.3. The van der Waals surface area contributed by atoms with Gasteiger partial charge in [-0.1, -0.05) is 138 Å². The van der Waals surface area contributed by atoms with Gasteiger partial charge in [0.2, 0.25) is 24.1 Å². The molecular formula is C56H78N8O6. The molecule has 14 heteroatoms. The number of carbonyl (C=O) groups is 5. The van der Waals surface area contributed by atoms with Gasteiger partial charge in [0, 0.05) is 61.5 Å². The first-order valence-corrected chi connectivity index (χ1v) is 25.4. The predicted octanol–water partition coefficient (Wildman–Crippen LogP) is 8.90. The van der Waals surface area contributed by atoms with Crippen molar-refractivity contribution in [3.63, 3.8) is 0 Å². The molecule has 0 saturated carbocycles. The number of unbranched alkanes of at least 4 members (excludes halogenated alkanes) is 11. The standard InChI is InChI=1S/C55H75N7O5.CH3NO/c1-2-3-4-5-6-7-20-37-58-50(64)31-17-18-32-51(65)61-41-44-26-13-14-27-46(44)52(56)53(48-29-15-16-30-49(48)61)62(57)39-22-19-28-47(55(67)59-38-21-8-9-23-40-63)42-33-35-45(36-34-42)60-54(66)43-24-11-10-12-25-43;2-1-3/h10-16,24-27,29-30,33-36,47,63H,2-9,17-23,28,31-32,37-41,56-57H2,1H3,(H,58,64)(H,59,67)(H,60,66);1H,(H2,2,3)/b53-52-;. The van der Waals surface area contributed by atoms with Crippen LogP contribution in [-0.4, -0.2) is 66.4 Å². The van der Waals surface area contributed by atoms with Gasteiger partial charge in [-0.25, -0.2) is 5.84 Å². The molecule has 0 radical (unpaired) electrons. The molecule has 5 rings (SSSR count). The van der Waals surface area contributed by atoms with Gasteiger partial charge >= 0.3 is 0 Å². The van der Waals surface area contributed by atoms with Crippen LogP contribution in [0.5, 0.6) is 0 Å². The number of aliphatic hydroxyl groups excluding tert-OH is 1. The SMILES string of the molecule is CCCCCCCCCNC(=O)CCCCC(=O)N1Cc2ccccc2/C(N)=C(/N(N)CCCCC(C(=O)NCCCCCCO)c2ccc(NC(=O)c3ccccc3)cc2)c2ccccc21.NC=O. The first-order chi connectivity index (χ1) is 34.1. The molecule has 0 bridgehead atoms. The normalized spacial score (nSPS) is 13.3. The molecule has 10 N–H and O–H groups in total. The summed E-state index contributed by atoms with van der Waals surface area (Å²) in [6.07, 6.45) is 15.9. The van der Waals surface area contributed by atoms with Crippen LogP contribution in [0.4, 0.5) is 11.4 Å². The van der Waals surface area contributed by atoms with Crippen molar-refractivity contribution in [2.24, 2.45) is 17.3 Å². The number of primary amides is 1. The maximum atomic E-state index is 14.1. The Morgan fingerprint density at radius 1 is 0.700 bits per heavy atom. The highest BCUT2D eigenvalue weighted by Gasteiger charge is 2.28. The van der Waals surface area contributed by atoms with Gasteiger partial charge in [-0.2, -0.15) is 0 Å². The van der Waals surface area contributed by atoms with E-state index in [0.717, 1.165) is 66.5 Å². The smallest absolute Gasteiger partial charge is 0.255 e. The van der Waals surface area contributed by atoms with E-state index in [1.165, 1.54) is 32.1 Å². The summed E-state index contributed by atoms with van der Waals surface area (Å²) in [4.78, 5) is 63.7. The summed E-state index contributed by atoms with van der Waals surface area (Å²) in [5.74, 6) is 6.30. The number of hydrogen-bond acceptors (Lipinski definition) is 9. The van der Waals surface area contributed by atoms with Crippen LogP contribution < -0.4 is 38.2 Å². The average Bonchev–Trinajstić information content (AvgIpc) is 3.37. The van der Waals surface area contributed by atoms with E-state index in [1.807, 2.05) is 95.9 Å². The first-order valence-electron chi connectivity index (χ1n) is 25.4. The largest absolute Gasteiger partial charge is 0.396 e. The number of benzene rings is 4. The summed E-state index contributed by atoms with van der Waals surface area (Å²) < 4.78 is 0. The average molecular weight is 959 g/mol. The summed E-state index contributed by atoms with van der Waals surface area (Å²) in [5.41, 5.74) is 17.6. The lowest BCUT2D eigenvalue weighted by molar-refractivity contribution is -0.123. The van der Waals surface area contributed by atoms with E-state index in [0.29, 0.717) is 93.8 Å². The molecule has 5 amide bonds. The van der Waals surface area contributed by atoms with E-state index in [-0.39, 0.29) is 36.6 Å². The fourth-order valence-corrected chi connectivity index (χ4v) is 8.69. The lowest BCUT2D eigenvalue weighted by Crippen LogP contribution is -2.37. The summed E-state index contributed by atoms with van der Waals surface area (Å²) in [6, 6.07) is 32.1. The molecule has 4 aromatic carbocycles. The minimum absolute atomic E-state index is 0.0322. The third-order valence-electron chi connectivity index (χ3n) is 12.5. The Labute approximate surface area is 415 Å². The number of para-hydroxylation sites is 1. The Morgan fingerprint density at radius 2 is 1.30 bits per heavy atom. The Hall–Kier alpha value is -6.51. The van der Waals surface area contributed by atoms with Gasteiger partial charge in [-0.3, -0.25) is 24.0 Å². The van der Waals surface area contributed by atoms with E-state index < -0.39 is 5.92 Å². The maximum Gasteiger partial charge on any atom is 0.255 e. The molecule has 1 aliphatic heterocycles. The monoisotopic (exact) mass is 959 g/mol. The highest BCUT2D eigenvalue weighted by Crippen LogP contribution is 2.37. The van der Waals surface area contributed by atoms with Crippen molar-refractivity contribution in [1.29, 1.82) is 0 Å². The number of amides is 5. The van der Waals surface area contributed by atoms with E-state index in [2.05, 4.69) is 28.6 Å². The zero-order valence-electron chi connectivity index (χ0n) is 41.3. The number of rotatable bonds is 29. The minimum Gasteiger partial charge on any atom is -0.396 e. The molecule has 1 heterocycles. The van der Waals surface area contributed by atoms with E-state index in [9.17, 15) is 19.2 Å². The Bertz CT molecular complexity index is 2230. The molecule has 70 heavy (non-hydrogen) atoms. The molecular weight excluding hydrogens is 881 g/mol. The molecule has 0 fully saturated rings. The van der Waals surface area contributed by atoms with Crippen LogP contribution in [0.15, 0.2) is 103 Å². The van der Waals surface area contributed by atoms with Gasteiger partial charge in [0.1, 0.15) is 0 Å². The third kappa shape index (κ3) is 18.8. The summed E-state index contributed by atoms with van der Waals surface area (Å²) in [6.45, 7) is 4.42. The van der Waals surface area contributed by atoms with Crippen LogP contribution >= 0.6 is 0 Å². The van der Waals surface area contributed by atoms with Crippen molar-refractivity contribution in [2.45, 2.75) is 135 Å². The van der Waals surface area contributed by atoms with Crippen LogP contribution in [-0.2, 0) is 25.7 Å². The van der Waals surface area contributed by atoms with Crippen LogP contribution in [0.2, 0.25) is 0 Å². The Morgan fingerprint density at radius 3 is 2.00 bits per heavy atom. The quantitative estimate of drug-likeness (QED) is 0.0119. The minimum atomic E-state index is -0.426. The summed E-state index contributed by atoms with van der Waals surface area (Å²) >= 11 is 0. The van der Waals surface area contributed by atoms with Gasteiger partial charge in [0.15, 0.2) is 0 Å². The molecule has 0 aromatic heterocycles. The van der Waals surface area contributed by atoms with Gasteiger partial charge in [0.25, 0.3) is 5.91 Å². The van der Waals surface area contributed by atoms with Crippen LogP contribution in [0.1, 0.15) is 161 Å². The van der Waals surface area contributed by atoms with Crippen LogP contribution in [0.3, 0.4) is 0 Å². The number of hydrazine groups is 1. The molecule has 0 aliphatic carbocycles. The lowest BCUT2D eigenvalue weighted by atomic mass is 9.92. The van der Waals surface area contributed by atoms with E-state index in [1.54, 1.807) is 17.1 Å². The highest BCUT2D eigenvalue weighted by molar-refractivity contribution is 6.04. The number of nitrogens with one attached hydrogen (secondary N) is 3. The molecule has 0 saturated heterocycles. The maximum absolute atomic E-state index is 14.1. The Balaban J connectivity index is 0.00000346. The number of carbonyl (C=O) groups excluding carboxylic acids is 5. The lowest BCUT2D eigenvalue weighted by Gasteiger charge is -2.33. The second-order valence-corrected chi connectivity index (χ2v) is 17.8. The first kappa shape index (κ1) is 56.1. The Kier molecular flexibility index (Phi) is 25.9. The van der Waals surface area contributed by atoms with Gasteiger partial charge in [0.05, 0.1) is 29.5 Å². The molecule has 378 valence electrons. The van der Waals surface area contributed by atoms with Crippen molar-refractivity contribution in [1.82, 2.24) is 15.6 Å². The fourth-order valence-electron chi connectivity index (χ4n) is 8.69. The van der Waals surface area contributed by atoms with Gasteiger partial charge < -0.3 is 42.4 Å². The second-order valence-electron chi connectivity index (χ2n) is 17.8. The highest BCUT2D eigenvalue weighted by atomic mass is 16.3. The summed E-state index contributed by atoms with van der Waals surface area (Å²) in [7, 11) is 0. The van der Waals surface area contributed by atoms with Crippen LogP contribution in [0.25, 0.3) is 11.4 Å². The van der Waals surface area contributed by atoms with E-state index >= 15 is 0 Å². The van der Waals surface area contributed by atoms with Gasteiger partial charge in [-0.05, 0) is 86.4 Å². The van der Waals surface area contributed by atoms with Crippen molar-refractivity contribution in [2.75, 3.05) is 36.5 Å². The fraction of sp³-hybridized carbons (Fsp3) is 0.446. The van der Waals surface area contributed by atoms with E-state index in [4.69, 9.17) is 21.5 Å². The molecule has 1 aliphatic rings. The number of anilines is 2. The van der Waals surface area contributed by atoms with Crippen molar-refractivity contribution in [3.05, 3.63) is 131 Å². The van der Waals surface area contributed by atoms with Crippen molar-refractivity contribution < 1.29 is 29.1 Å². The number of hydrogen-bond donors (Lipinski definition) is 7. The number of nitrogens with two attached hydrogens (primary N) is 3. The third-order valence-corrected chi connectivity index (χ3v) is 12.5. The van der Waals surface area contributed by atoms with Crippen molar-refractivity contribution in [3.8, 4) is 0 Å². The molecule has 4 aromatic rings. The molecule has 14 nitrogen and oxygen atoms in total. The van der Waals surface area contributed by atoms with Crippen LogP contribution in [0, 0.1) is 0 Å². The molecule has 0 spiro atoms. The zero-order chi connectivity index (χ0) is 50.4. The zero-order valence-corrected chi connectivity index (χ0v) is 41.3. The van der Waals surface area contributed by atoms with Gasteiger partial charge in [-0.15, -0.1) is 0 Å². The number of fused-ring (bicyclic) bond motifs is 2.